The quantitative estimate of drug-likeness (QED) is 0.134. The van der Waals surface area contributed by atoms with E-state index in [0.29, 0.717) is 42.8 Å². The second-order valence-electron chi connectivity index (χ2n) is 12.2. The van der Waals surface area contributed by atoms with Crippen molar-refractivity contribution in [1.82, 2.24) is 15.0 Å². The van der Waals surface area contributed by atoms with Crippen molar-refractivity contribution in [2.75, 3.05) is 27.8 Å². The zero-order chi connectivity index (χ0) is 30.9. The van der Waals surface area contributed by atoms with Crippen molar-refractivity contribution in [3.63, 3.8) is 0 Å². The van der Waals surface area contributed by atoms with Gasteiger partial charge in [0.25, 0.3) is 0 Å². The number of hydrogen-bond donors (Lipinski definition) is 4. The third-order valence-corrected chi connectivity index (χ3v) is 8.69. The molecule has 1 aliphatic carbocycles. The summed E-state index contributed by atoms with van der Waals surface area (Å²) in [5.41, 5.74) is 7.05. The van der Waals surface area contributed by atoms with Crippen molar-refractivity contribution in [3.8, 4) is 0 Å². The zero-order valence-corrected chi connectivity index (χ0v) is 26.4. The molecular weight excluding hydrogens is 546 g/mol. The molecule has 1 amide bonds. The maximum atomic E-state index is 12.9. The molecule has 5 rings (SSSR count). The molecule has 1 aromatic heterocycles. The van der Waals surface area contributed by atoms with Gasteiger partial charge in [-0.3, -0.25) is 4.79 Å². The van der Waals surface area contributed by atoms with E-state index in [1.165, 1.54) is 22.3 Å². The Morgan fingerprint density at radius 1 is 0.750 bits per heavy atom. The van der Waals surface area contributed by atoms with Gasteiger partial charge in [0, 0.05) is 31.2 Å². The highest BCUT2D eigenvalue weighted by atomic mass is 16.1. The number of hydrogen-bond acceptors (Lipinski definition) is 7. The Morgan fingerprint density at radius 2 is 1.39 bits per heavy atom. The molecule has 0 radical (unpaired) electrons. The van der Waals surface area contributed by atoms with Crippen LogP contribution < -0.4 is 21.3 Å². The predicted molar refractivity (Wildman–Crippen MR) is 180 cm³/mol. The molecule has 1 fully saturated rings. The lowest BCUT2D eigenvalue weighted by atomic mass is 9.81. The monoisotopic (exact) mass is 591 g/mol. The maximum Gasteiger partial charge on any atom is 0.229 e. The number of carbonyl (C=O) groups excluding carboxylic acids is 1. The van der Waals surface area contributed by atoms with E-state index in [2.05, 4.69) is 101 Å². The minimum absolute atomic E-state index is 0.0443. The first-order valence-electron chi connectivity index (χ1n) is 15.8. The van der Waals surface area contributed by atoms with E-state index in [1.54, 1.807) is 0 Å². The summed E-state index contributed by atoms with van der Waals surface area (Å²) in [7, 11) is 0. The average Bonchev–Trinajstić information content (AvgIpc) is 3.04. The Hall–Kier alpha value is -4.46. The van der Waals surface area contributed by atoms with Crippen molar-refractivity contribution in [2.24, 2.45) is 11.8 Å². The van der Waals surface area contributed by atoms with Crippen LogP contribution in [0.3, 0.4) is 0 Å². The standard InChI is InChI=1S/C36H45N7O/c1-24(2)29-17-19-32(20-18-29)40-33(44)30-15-13-28(14-16-30)22-38-35-41-34(37-21-27-10-6-5-7-11-27)42-36(43-35)39-23-31-12-8-9-25(3)26(31)4/h5-12,17-20,24,28,30H,13-16,21-23H2,1-4H3,(H,40,44)(H3,37,38,39,41,42,43). The summed E-state index contributed by atoms with van der Waals surface area (Å²) in [4.78, 5) is 27.0. The second kappa shape index (κ2) is 14.8. The molecule has 1 saturated carbocycles. The molecular formula is C36H45N7O. The van der Waals surface area contributed by atoms with Gasteiger partial charge in [-0.2, -0.15) is 15.0 Å². The Kier molecular flexibility index (Phi) is 10.4. The van der Waals surface area contributed by atoms with Crippen LogP contribution in [-0.4, -0.2) is 27.4 Å². The van der Waals surface area contributed by atoms with Gasteiger partial charge in [-0.15, -0.1) is 0 Å². The molecule has 230 valence electrons. The molecule has 4 N–H and O–H groups in total. The van der Waals surface area contributed by atoms with Crippen LogP contribution in [0.1, 0.15) is 73.3 Å². The van der Waals surface area contributed by atoms with Gasteiger partial charge in [-0.05, 0) is 91.3 Å². The minimum Gasteiger partial charge on any atom is -0.354 e. The number of nitrogens with zero attached hydrogens (tertiary/aromatic N) is 3. The average molecular weight is 592 g/mol. The number of aromatic nitrogens is 3. The van der Waals surface area contributed by atoms with E-state index in [-0.39, 0.29) is 11.8 Å². The highest BCUT2D eigenvalue weighted by molar-refractivity contribution is 5.92. The fraction of sp³-hybridized carbons (Fsp3) is 0.389. The van der Waals surface area contributed by atoms with Crippen molar-refractivity contribution in [1.29, 1.82) is 0 Å². The number of benzene rings is 3. The summed E-state index contributed by atoms with van der Waals surface area (Å²) < 4.78 is 0. The molecule has 8 heteroatoms. The highest BCUT2D eigenvalue weighted by Gasteiger charge is 2.26. The Labute approximate surface area is 261 Å². The molecule has 1 heterocycles. The largest absolute Gasteiger partial charge is 0.354 e. The normalized spacial score (nSPS) is 16.4. The van der Waals surface area contributed by atoms with Crippen molar-refractivity contribution in [3.05, 3.63) is 101 Å². The van der Waals surface area contributed by atoms with Crippen molar-refractivity contribution < 1.29 is 4.79 Å². The lowest BCUT2D eigenvalue weighted by Gasteiger charge is -2.28. The van der Waals surface area contributed by atoms with Crippen LogP contribution in [0.4, 0.5) is 23.5 Å². The Bertz CT molecular complexity index is 1510. The molecule has 0 unspecified atom stereocenters. The van der Waals surface area contributed by atoms with Gasteiger partial charge in [-0.25, -0.2) is 0 Å². The molecule has 0 bridgehead atoms. The number of rotatable bonds is 12. The third-order valence-electron chi connectivity index (χ3n) is 8.69. The Morgan fingerprint density at radius 3 is 2.05 bits per heavy atom. The zero-order valence-electron chi connectivity index (χ0n) is 26.4. The van der Waals surface area contributed by atoms with E-state index >= 15 is 0 Å². The van der Waals surface area contributed by atoms with Crippen LogP contribution in [0.2, 0.25) is 0 Å². The molecule has 0 atom stereocenters. The molecule has 0 aliphatic heterocycles. The first kappa shape index (κ1) is 31.0. The predicted octanol–water partition coefficient (Wildman–Crippen LogP) is 7.69. The van der Waals surface area contributed by atoms with Gasteiger partial charge in [0.2, 0.25) is 23.8 Å². The van der Waals surface area contributed by atoms with Crippen molar-refractivity contribution >= 4 is 29.4 Å². The smallest absolute Gasteiger partial charge is 0.229 e. The van der Waals surface area contributed by atoms with E-state index in [4.69, 9.17) is 4.98 Å². The third kappa shape index (κ3) is 8.56. The summed E-state index contributed by atoms with van der Waals surface area (Å²) >= 11 is 0. The summed E-state index contributed by atoms with van der Waals surface area (Å²) in [6.07, 6.45) is 3.73. The first-order chi connectivity index (χ1) is 21.3. The van der Waals surface area contributed by atoms with Gasteiger partial charge in [0.1, 0.15) is 0 Å². The van der Waals surface area contributed by atoms with Gasteiger partial charge in [0.15, 0.2) is 0 Å². The van der Waals surface area contributed by atoms with E-state index in [9.17, 15) is 4.79 Å². The molecule has 0 spiro atoms. The van der Waals surface area contributed by atoms with Gasteiger partial charge >= 0.3 is 0 Å². The van der Waals surface area contributed by atoms with Gasteiger partial charge in [0.05, 0.1) is 0 Å². The van der Waals surface area contributed by atoms with E-state index in [0.717, 1.165) is 43.5 Å². The SMILES string of the molecule is Cc1cccc(CNc2nc(NCc3ccccc3)nc(NCC3CCC(C(=O)Nc4ccc(C(C)C)cc4)CC3)n2)c1C. The molecule has 1 aliphatic rings. The topological polar surface area (TPSA) is 104 Å². The number of amides is 1. The molecule has 44 heavy (non-hydrogen) atoms. The molecule has 3 aromatic carbocycles. The Balaban J connectivity index is 1.17. The fourth-order valence-electron chi connectivity index (χ4n) is 5.63. The molecule has 8 nitrogen and oxygen atoms in total. The van der Waals surface area contributed by atoms with Crippen LogP contribution in [0, 0.1) is 25.7 Å². The summed E-state index contributed by atoms with van der Waals surface area (Å²) in [5, 5.41) is 13.4. The summed E-state index contributed by atoms with van der Waals surface area (Å²) in [6.45, 7) is 10.6. The lowest BCUT2D eigenvalue weighted by Crippen LogP contribution is -2.29. The highest BCUT2D eigenvalue weighted by Crippen LogP contribution is 2.30. The maximum absolute atomic E-state index is 12.9. The van der Waals surface area contributed by atoms with Gasteiger partial charge in [-0.1, -0.05) is 74.5 Å². The number of anilines is 4. The van der Waals surface area contributed by atoms with Crippen LogP contribution in [0.5, 0.6) is 0 Å². The fourth-order valence-corrected chi connectivity index (χ4v) is 5.63. The molecule has 0 saturated heterocycles. The second-order valence-corrected chi connectivity index (χ2v) is 12.2. The van der Waals surface area contributed by atoms with Crippen LogP contribution in [-0.2, 0) is 17.9 Å². The molecule has 4 aromatic rings. The first-order valence-corrected chi connectivity index (χ1v) is 15.8. The van der Waals surface area contributed by atoms with E-state index < -0.39 is 0 Å². The number of nitrogens with one attached hydrogen (secondary N) is 4. The van der Waals surface area contributed by atoms with Crippen LogP contribution >= 0.6 is 0 Å². The minimum atomic E-state index is 0.0443. The van der Waals surface area contributed by atoms with Crippen LogP contribution in [0.25, 0.3) is 0 Å². The summed E-state index contributed by atoms with van der Waals surface area (Å²) in [5.74, 6) is 2.70. The number of carbonyl (C=O) groups is 1. The van der Waals surface area contributed by atoms with Crippen LogP contribution in [0.15, 0.2) is 72.8 Å². The number of aryl methyl sites for hydroxylation is 1. The van der Waals surface area contributed by atoms with Gasteiger partial charge < -0.3 is 21.3 Å². The van der Waals surface area contributed by atoms with Crippen molar-refractivity contribution in [2.45, 2.75) is 72.4 Å². The van der Waals surface area contributed by atoms with E-state index in [1.807, 2.05) is 30.3 Å². The lowest BCUT2D eigenvalue weighted by molar-refractivity contribution is -0.121. The summed E-state index contributed by atoms with van der Waals surface area (Å²) in [6, 6.07) is 24.7.